The van der Waals surface area contributed by atoms with E-state index in [0.29, 0.717) is 5.88 Å². The lowest BCUT2D eigenvalue weighted by Crippen LogP contribution is -2.40. The fourth-order valence-electron chi connectivity index (χ4n) is 1.27. The summed E-state index contributed by atoms with van der Waals surface area (Å²) in [6.07, 6.45) is 0. The number of methoxy groups -OCH3 is 1. The number of benzene rings is 1. The van der Waals surface area contributed by atoms with Crippen molar-refractivity contribution in [2.45, 2.75) is 25.9 Å². The van der Waals surface area contributed by atoms with Gasteiger partial charge in [-0.05, 0) is 32.0 Å². The molecule has 1 N–H and O–H groups in total. The summed E-state index contributed by atoms with van der Waals surface area (Å²) in [7, 11) is 1.68. The van der Waals surface area contributed by atoms with Crippen LogP contribution < -0.4 is 10.1 Å². The van der Waals surface area contributed by atoms with Gasteiger partial charge >= 0.3 is 0 Å². The summed E-state index contributed by atoms with van der Waals surface area (Å²) in [6.45, 7) is 4.89. The van der Waals surface area contributed by atoms with E-state index in [2.05, 4.69) is 41.2 Å². The van der Waals surface area contributed by atoms with Crippen molar-refractivity contribution in [3.63, 3.8) is 0 Å². The molecule has 0 aliphatic rings. The van der Waals surface area contributed by atoms with E-state index in [-0.39, 0.29) is 5.54 Å². The lowest BCUT2D eigenvalue weighted by Gasteiger charge is -2.24. The maximum Gasteiger partial charge on any atom is 0.123 e. The van der Waals surface area contributed by atoms with E-state index in [9.17, 15) is 0 Å². The number of alkyl halides is 1. The van der Waals surface area contributed by atoms with Crippen LogP contribution in [0, 0.1) is 0 Å². The van der Waals surface area contributed by atoms with E-state index < -0.39 is 0 Å². The molecule has 0 saturated carbocycles. The van der Waals surface area contributed by atoms with Gasteiger partial charge in [0, 0.05) is 28.0 Å². The molecule has 1 aromatic rings. The van der Waals surface area contributed by atoms with Crippen LogP contribution in [-0.2, 0) is 6.54 Å². The van der Waals surface area contributed by atoms with Gasteiger partial charge in [0.15, 0.2) is 0 Å². The van der Waals surface area contributed by atoms with Crippen LogP contribution in [0.25, 0.3) is 0 Å². The second kappa shape index (κ2) is 5.89. The largest absolute Gasteiger partial charge is 0.496 e. The van der Waals surface area contributed by atoms with Crippen molar-refractivity contribution in [3.05, 3.63) is 28.2 Å². The standard InChI is InChI=1S/C12H17BrClNO/c1-12(2,8-14)15-7-9-6-10(13)4-5-11(9)16-3/h4-6,15H,7-8H2,1-3H3. The van der Waals surface area contributed by atoms with Crippen molar-refractivity contribution >= 4 is 27.5 Å². The number of ether oxygens (including phenoxy) is 1. The van der Waals surface area contributed by atoms with Crippen molar-refractivity contribution in [2.75, 3.05) is 13.0 Å². The summed E-state index contributed by atoms with van der Waals surface area (Å²) >= 11 is 9.31. The van der Waals surface area contributed by atoms with Crippen molar-refractivity contribution in [2.24, 2.45) is 0 Å². The lowest BCUT2D eigenvalue weighted by molar-refractivity contribution is 0.393. The molecule has 4 heteroatoms. The zero-order valence-corrected chi connectivity index (χ0v) is 12.2. The molecular weight excluding hydrogens is 289 g/mol. The molecule has 1 rings (SSSR count). The highest BCUT2D eigenvalue weighted by Crippen LogP contribution is 2.23. The molecule has 0 spiro atoms. The van der Waals surface area contributed by atoms with Crippen LogP contribution in [0.15, 0.2) is 22.7 Å². The smallest absolute Gasteiger partial charge is 0.123 e. The Hall–Kier alpha value is -0.250. The normalized spacial score (nSPS) is 11.6. The molecule has 0 atom stereocenters. The second-order valence-electron chi connectivity index (χ2n) is 4.33. The Morgan fingerprint density at radius 3 is 2.69 bits per heavy atom. The van der Waals surface area contributed by atoms with Crippen LogP contribution in [0.2, 0.25) is 0 Å². The highest BCUT2D eigenvalue weighted by molar-refractivity contribution is 9.10. The summed E-state index contributed by atoms with van der Waals surface area (Å²) in [5.41, 5.74) is 1.05. The van der Waals surface area contributed by atoms with Crippen molar-refractivity contribution in [1.29, 1.82) is 0 Å². The molecule has 0 unspecified atom stereocenters. The summed E-state index contributed by atoms with van der Waals surface area (Å²) in [5.74, 6) is 1.46. The van der Waals surface area contributed by atoms with E-state index >= 15 is 0 Å². The summed E-state index contributed by atoms with van der Waals surface area (Å²) in [4.78, 5) is 0. The summed E-state index contributed by atoms with van der Waals surface area (Å²) in [5, 5.41) is 3.39. The Labute approximate surface area is 110 Å². The fraction of sp³-hybridized carbons (Fsp3) is 0.500. The van der Waals surface area contributed by atoms with E-state index in [1.807, 2.05) is 12.1 Å². The van der Waals surface area contributed by atoms with Crippen LogP contribution in [0.4, 0.5) is 0 Å². The first-order chi connectivity index (χ1) is 7.48. The molecule has 0 heterocycles. The maximum absolute atomic E-state index is 5.86. The van der Waals surface area contributed by atoms with Gasteiger partial charge in [-0.15, -0.1) is 11.6 Å². The minimum atomic E-state index is -0.0745. The molecule has 0 aliphatic heterocycles. The van der Waals surface area contributed by atoms with Gasteiger partial charge in [0.05, 0.1) is 7.11 Å². The average Bonchev–Trinajstić information content (AvgIpc) is 2.27. The van der Waals surface area contributed by atoms with Gasteiger partial charge in [-0.25, -0.2) is 0 Å². The van der Waals surface area contributed by atoms with Gasteiger partial charge in [-0.3, -0.25) is 0 Å². The first-order valence-corrected chi connectivity index (χ1v) is 6.44. The van der Waals surface area contributed by atoms with E-state index in [1.165, 1.54) is 0 Å². The third kappa shape index (κ3) is 3.96. The van der Waals surface area contributed by atoms with Gasteiger partial charge in [0.25, 0.3) is 0 Å². The molecule has 0 bridgehead atoms. The van der Waals surface area contributed by atoms with Crippen LogP contribution in [0.5, 0.6) is 5.75 Å². The Morgan fingerprint density at radius 1 is 1.44 bits per heavy atom. The van der Waals surface area contributed by atoms with Crippen molar-refractivity contribution in [3.8, 4) is 5.75 Å². The second-order valence-corrected chi connectivity index (χ2v) is 5.51. The average molecular weight is 307 g/mol. The van der Waals surface area contributed by atoms with Crippen molar-refractivity contribution in [1.82, 2.24) is 5.32 Å². The van der Waals surface area contributed by atoms with Crippen LogP contribution in [0.3, 0.4) is 0 Å². The molecule has 0 radical (unpaired) electrons. The highest BCUT2D eigenvalue weighted by Gasteiger charge is 2.15. The molecular formula is C12H17BrClNO. The Balaban J connectivity index is 2.76. The van der Waals surface area contributed by atoms with Gasteiger partial charge in [-0.1, -0.05) is 15.9 Å². The predicted molar refractivity (Wildman–Crippen MR) is 72.3 cm³/mol. The minimum Gasteiger partial charge on any atom is -0.496 e. The zero-order valence-electron chi connectivity index (χ0n) is 9.81. The van der Waals surface area contributed by atoms with Crippen LogP contribution in [-0.4, -0.2) is 18.5 Å². The zero-order chi connectivity index (χ0) is 12.2. The monoisotopic (exact) mass is 305 g/mol. The number of halogens is 2. The molecule has 2 nitrogen and oxygen atoms in total. The minimum absolute atomic E-state index is 0.0745. The SMILES string of the molecule is COc1ccc(Br)cc1CNC(C)(C)CCl. The molecule has 0 aliphatic carbocycles. The molecule has 0 saturated heterocycles. The van der Waals surface area contributed by atoms with Gasteiger partial charge in [0.2, 0.25) is 0 Å². The van der Waals surface area contributed by atoms with E-state index in [1.54, 1.807) is 7.11 Å². The highest BCUT2D eigenvalue weighted by atomic mass is 79.9. The molecule has 16 heavy (non-hydrogen) atoms. The van der Waals surface area contributed by atoms with Crippen molar-refractivity contribution < 1.29 is 4.74 Å². The number of hydrogen-bond donors (Lipinski definition) is 1. The van der Waals surface area contributed by atoms with Gasteiger partial charge in [0.1, 0.15) is 5.75 Å². The summed E-state index contributed by atoms with van der Waals surface area (Å²) in [6, 6.07) is 5.97. The summed E-state index contributed by atoms with van der Waals surface area (Å²) < 4.78 is 6.36. The predicted octanol–water partition coefficient (Wildman–Crippen LogP) is 3.56. The number of hydrogen-bond acceptors (Lipinski definition) is 2. The Bertz CT molecular complexity index is 355. The first-order valence-electron chi connectivity index (χ1n) is 5.12. The lowest BCUT2D eigenvalue weighted by atomic mass is 10.1. The Kier molecular flexibility index (Phi) is 5.09. The van der Waals surface area contributed by atoms with E-state index in [0.717, 1.165) is 22.3 Å². The topological polar surface area (TPSA) is 21.3 Å². The van der Waals surface area contributed by atoms with Crippen LogP contribution >= 0.6 is 27.5 Å². The molecule has 0 amide bonds. The third-order valence-corrected chi connectivity index (χ3v) is 3.50. The van der Waals surface area contributed by atoms with E-state index in [4.69, 9.17) is 16.3 Å². The molecule has 90 valence electrons. The van der Waals surface area contributed by atoms with Gasteiger partial charge in [-0.2, -0.15) is 0 Å². The third-order valence-electron chi connectivity index (χ3n) is 2.33. The first kappa shape index (κ1) is 13.8. The molecule has 0 fully saturated rings. The molecule has 1 aromatic carbocycles. The Morgan fingerprint density at radius 2 is 2.12 bits per heavy atom. The maximum atomic E-state index is 5.86. The number of rotatable bonds is 5. The molecule has 0 aromatic heterocycles. The number of nitrogens with one attached hydrogen (secondary N) is 1. The van der Waals surface area contributed by atoms with Gasteiger partial charge < -0.3 is 10.1 Å². The quantitative estimate of drug-likeness (QED) is 0.840. The van der Waals surface area contributed by atoms with Crippen LogP contribution in [0.1, 0.15) is 19.4 Å². The fourth-order valence-corrected chi connectivity index (χ4v) is 1.77.